The third-order valence-corrected chi connectivity index (χ3v) is 6.55. The van der Waals surface area contributed by atoms with E-state index in [0.29, 0.717) is 19.4 Å². The highest BCUT2D eigenvalue weighted by Crippen LogP contribution is 2.33. The van der Waals surface area contributed by atoms with Crippen LogP contribution in [-0.4, -0.2) is 39.0 Å². The number of nitrogens with one attached hydrogen (secondary N) is 2. The summed E-state index contributed by atoms with van der Waals surface area (Å²) in [4.78, 5) is 24.0. The van der Waals surface area contributed by atoms with E-state index >= 15 is 0 Å². The number of amides is 1. The number of rotatable bonds is 6. The molecule has 0 saturated heterocycles. The highest BCUT2D eigenvalue weighted by molar-refractivity contribution is 5.83. The number of hydrogen-bond acceptors (Lipinski definition) is 4. The number of phenolic OH excluding ortho intramolecular Hbond substituents is 1. The molecule has 0 spiro atoms. The Labute approximate surface area is 199 Å². The SMILES string of the molecule is CN[C@@H](Cc1ccc(O)cc1)C(=O)N1Cc2ccccc2C[C@@H]1c1ncc(-c2ccccc2)[nH]1. The van der Waals surface area contributed by atoms with E-state index in [1.165, 1.54) is 11.1 Å². The van der Waals surface area contributed by atoms with Crippen molar-refractivity contribution in [2.75, 3.05) is 7.05 Å². The van der Waals surface area contributed by atoms with Crippen LogP contribution in [-0.2, 0) is 24.2 Å². The first-order valence-electron chi connectivity index (χ1n) is 11.5. The van der Waals surface area contributed by atoms with Crippen LogP contribution in [0.2, 0.25) is 0 Å². The number of phenols is 1. The molecule has 1 aromatic heterocycles. The number of aromatic nitrogens is 2. The number of imidazole rings is 1. The van der Waals surface area contributed by atoms with Crippen LogP contribution in [0, 0.1) is 0 Å². The first-order valence-corrected chi connectivity index (χ1v) is 11.5. The number of carbonyl (C=O) groups is 1. The third kappa shape index (κ3) is 4.45. The summed E-state index contributed by atoms with van der Waals surface area (Å²) in [6.45, 7) is 0.537. The summed E-state index contributed by atoms with van der Waals surface area (Å²) in [7, 11) is 1.82. The van der Waals surface area contributed by atoms with Crippen molar-refractivity contribution in [2.24, 2.45) is 0 Å². The predicted octanol–water partition coefficient (Wildman–Crippen LogP) is 4.24. The van der Waals surface area contributed by atoms with Gasteiger partial charge in [0.15, 0.2) is 0 Å². The van der Waals surface area contributed by atoms with E-state index in [9.17, 15) is 9.90 Å². The average Bonchev–Trinajstić information content (AvgIpc) is 3.38. The number of fused-ring (bicyclic) bond motifs is 1. The second-order valence-corrected chi connectivity index (χ2v) is 8.71. The molecule has 0 fully saturated rings. The van der Waals surface area contributed by atoms with Crippen molar-refractivity contribution < 1.29 is 9.90 Å². The number of aromatic hydroxyl groups is 1. The van der Waals surface area contributed by atoms with E-state index in [4.69, 9.17) is 4.98 Å². The molecule has 0 bridgehead atoms. The normalized spacial score (nSPS) is 16.1. The zero-order valence-corrected chi connectivity index (χ0v) is 19.1. The number of hydrogen-bond donors (Lipinski definition) is 3. The molecule has 172 valence electrons. The number of H-pyrrole nitrogens is 1. The Morgan fingerprint density at radius 2 is 1.76 bits per heavy atom. The minimum absolute atomic E-state index is 0.0349. The van der Waals surface area contributed by atoms with Crippen molar-refractivity contribution in [2.45, 2.75) is 31.5 Å². The van der Waals surface area contributed by atoms with E-state index in [0.717, 1.165) is 22.6 Å². The molecule has 2 heterocycles. The Balaban J connectivity index is 1.46. The molecule has 3 aromatic carbocycles. The molecule has 3 N–H and O–H groups in total. The highest BCUT2D eigenvalue weighted by atomic mass is 16.3. The molecule has 5 rings (SSSR count). The number of aromatic amines is 1. The number of benzene rings is 3. The summed E-state index contributed by atoms with van der Waals surface area (Å²) in [5.74, 6) is 1.05. The Bertz CT molecular complexity index is 1270. The van der Waals surface area contributed by atoms with Crippen molar-refractivity contribution in [1.82, 2.24) is 20.2 Å². The van der Waals surface area contributed by atoms with Gasteiger partial charge in [-0.25, -0.2) is 4.98 Å². The first kappa shape index (κ1) is 21.9. The summed E-state index contributed by atoms with van der Waals surface area (Å²) < 4.78 is 0. The summed E-state index contributed by atoms with van der Waals surface area (Å²) in [5.41, 5.74) is 5.41. The molecule has 1 aliphatic heterocycles. The first-order chi connectivity index (χ1) is 16.6. The van der Waals surface area contributed by atoms with Crippen molar-refractivity contribution >= 4 is 5.91 Å². The van der Waals surface area contributed by atoms with Gasteiger partial charge in [-0.15, -0.1) is 0 Å². The molecule has 6 heteroatoms. The minimum Gasteiger partial charge on any atom is -0.508 e. The van der Waals surface area contributed by atoms with Crippen LogP contribution in [0.5, 0.6) is 5.75 Å². The van der Waals surface area contributed by atoms with Crippen LogP contribution in [0.25, 0.3) is 11.3 Å². The van der Waals surface area contributed by atoms with Gasteiger partial charge in [0.1, 0.15) is 11.6 Å². The van der Waals surface area contributed by atoms with Gasteiger partial charge in [0, 0.05) is 13.0 Å². The van der Waals surface area contributed by atoms with Gasteiger partial charge in [0.25, 0.3) is 0 Å². The number of carbonyl (C=O) groups excluding carboxylic acids is 1. The molecule has 1 aliphatic rings. The Morgan fingerprint density at radius 1 is 1.06 bits per heavy atom. The quantitative estimate of drug-likeness (QED) is 0.409. The van der Waals surface area contributed by atoms with Gasteiger partial charge in [-0.3, -0.25) is 4.79 Å². The molecule has 34 heavy (non-hydrogen) atoms. The lowest BCUT2D eigenvalue weighted by Gasteiger charge is -2.38. The molecule has 0 saturated carbocycles. The monoisotopic (exact) mass is 452 g/mol. The number of nitrogens with zero attached hydrogens (tertiary/aromatic N) is 2. The maximum atomic E-state index is 13.8. The Morgan fingerprint density at radius 3 is 2.50 bits per heavy atom. The van der Waals surface area contributed by atoms with Crippen LogP contribution in [0.3, 0.4) is 0 Å². The standard InChI is InChI=1S/C28H28N4O2/c1-29-24(15-19-11-13-23(33)14-12-19)28(34)32-18-22-10-6-5-9-21(22)16-26(32)27-30-17-25(31-27)20-7-3-2-4-8-20/h2-14,17,24,26,29,33H,15-16,18H2,1H3,(H,30,31)/t24-,26+/m0/s1. The van der Waals surface area contributed by atoms with Crippen molar-refractivity contribution in [3.8, 4) is 17.0 Å². The number of likely N-dealkylation sites (N-methyl/N-ethyl adjacent to an activating group) is 1. The van der Waals surface area contributed by atoms with Crippen LogP contribution in [0.1, 0.15) is 28.6 Å². The molecular weight excluding hydrogens is 424 g/mol. The van der Waals surface area contributed by atoms with E-state index < -0.39 is 0 Å². The van der Waals surface area contributed by atoms with Gasteiger partial charge in [-0.1, -0.05) is 66.7 Å². The molecule has 0 radical (unpaired) electrons. The molecule has 0 aliphatic carbocycles. The predicted molar refractivity (Wildman–Crippen MR) is 132 cm³/mol. The van der Waals surface area contributed by atoms with Crippen LogP contribution >= 0.6 is 0 Å². The van der Waals surface area contributed by atoms with Gasteiger partial charge in [-0.2, -0.15) is 0 Å². The third-order valence-electron chi connectivity index (χ3n) is 6.55. The Kier molecular flexibility index (Phi) is 6.14. The van der Waals surface area contributed by atoms with Crippen LogP contribution in [0.4, 0.5) is 0 Å². The lowest BCUT2D eigenvalue weighted by Crippen LogP contribution is -2.49. The van der Waals surface area contributed by atoms with E-state index in [-0.39, 0.29) is 23.7 Å². The Hall–Kier alpha value is -3.90. The fraction of sp³-hybridized carbons (Fsp3) is 0.214. The van der Waals surface area contributed by atoms with Gasteiger partial charge in [-0.05, 0) is 47.9 Å². The fourth-order valence-corrected chi connectivity index (χ4v) is 4.65. The van der Waals surface area contributed by atoms with Crippen molar-refractivity contribution in [1.29, 1.82) is 0 Å². The van der Waals surface area contributed by atoms with E-state index in [1.54, 1.807) is 12.1 Å². The highest BCUT2D eigenvalue weighted by Gasteiger charge is 2.35. The van der Waals surface area contributed by atoms with Gasteiger partial charge < -0.3 is 20.3 Å². The second kappa shape index (κ2) is 9.53. The van der Waals surface area contributed by atoms with Crippen LogP contribution < -0.4 is 5.32 Å². The molecule has 6 nitrogen and oxygen atoms in total. The minimum atomic E-state index is -0.388. The van der Waals surface area contributed by atoms with Crippen molar-refractivity contribution in [3.63, 3.8) is 0 Å². The summed E-state index contributed by atoms with van der Waals surface area (Å²) >= 11 is 0. The molecule has 0 unspecified atom stereocenters. The molecule has 2 atom stereocenters. The summed E-state index contributed by atoms with van der Waals surface area (Å²) in [5, 5.41) is 12.8. The smallest absolute Gasteiger partial charge is 0.240 e. The average molecular weight is 453 g/mol. The summed E-state index contributed by atoms with van der Waals surface area (Å²) in [6.07, 6.45) is 3.09. The van der Waals surface area contributed by atoms with Gasteiger partial charge in [0.2, 0.25) is 5.91 Å². The van der Waals surface area contributed by atoms with Crippen LogP contribution in [0.15, 0.2) is 85.1 Å². The van der Waals surface area contributed by atoms with E-state index in [1.807, 2.05) is 72.7 Å². The van der Waals surface area contributed by atoms with Crippen molar-refractivity contribution in [3.05, 3.63) is 108 Å². The largest absolute Gasteiger partial charge is 0.508 e. The van der Waals surface area contributed by atoms with E-state index in [2.05, 4.69) is 22.4 Å². The topological polar surface area (TPSA) is 81.2 Å². The maximum absolute atomic E-state index is 13.8. The lowest BCUT2D eigenvalue weighted by atomic mass is 9.92. The summed E-state index contributed by atoms with van der Waals surface area (Å²) in [6, 6.07) is 24.8. The fourth-order valence-electron chi connectivity index (χ4n) is 4.65. The molecular formula is C28H28N4O2. The van der Waals surface area contributed by atoms with Gasteiger partial charge in [0.05, 0.1) is 24.0 Å². The van der Waals surface area contributed by atoms with Gasteiger partial charge >= 0.3 is 0 Å². The zero-order chi connectivity index (χ0) is 23.5. The maximum Gasteiger partial charge on any atom is 0.240 e. The lowest BCUT2D eigenvalue weighted by molar-refractivity contribution is -0.137. The second-order valence-electron chi connectivity index (χ2n) is 8.71. The molecule has 4 aromatic rings. The zero-order valence-electron chi connectivity index (χ0n) is 19.1. The molecule has 1 amide bonds.